The van der Waals surface area contributed by atoms with Gasteiger partial charge in [-0.15, -0.1) is 0 Å². The molecule has 2 rings (SSSR count). The van der Waals surface area contributed by atoms with E-state index in [0.29, 0.717) is 0 Å². The van der Waals surface area contributed by atoms with E-state index < -0.39 is 38.1 Å². The molecule has 3 nitrogen and oxygen atoms in total. The Morgan fingerprint density at radius 1 is 1.05 bits per heavy atom. The summed E-state index contributed by atoms with van der Waals surface area (Å²) in [6.45, 7) is 0. The highest BCUT2D eigenvalue weighted by molar-refractivity contribution is 14.1. The van der Waals surface area contributed by atoms with Gasteiger partial charge in [0.05, 0.1) is 14.3 Å². The molecule has 0 radical (unpaired) electrons. The van der Waals surface area contributed by atoms with Gasteiger partial charge in [-0.25, -0.2) is 21.6 Å². The summed E-state index contributed by atoms with van der Waals surface area (Å²) in [5.74, 6) is -3.06. The van der Waals surface area contributed by atoms with Crippen LogP contribution in [0.1, 0.15) is 0 Å². The Balaban J connectivity index is 2.48. The maximum Gasteiger partial charge on any atom is 0.264 e. The van der Waals surface area contributed by atoms with Crippen molar-refractivity contribution in [3.63, 3.8) is 0 Å². The molecule has 21 heavy (non-hydrogen) atoms. The summed E-state index contributed by atoms with van der Waals surface area (Å²) in [5, 5.41) is -0.382. The summed E-state index contributed by atoms with van der Waals surface area (Å²) < 4.78 is 66.3. The van der Waals surface area contributed by atoms with Crippen LogP contribution >= 0.6 is 34.2 Å². The second-order valence-corrected chi connectivity index (χ2v) is 7.02. The molecule has 112 valence electrons. The molecule has 2 aromatic rings. The van der Waals surface area contributed by atoms with Crippen LogP contribution in [0, 0.1) is 21.0 Å². The standard InChI is InChI=1S/C12H6ClF3INO2S/c13-6-2-1-3-9(10(6)15)21(19,20)18-8-5-4-7(14)12(17)11(8)16/h1-5,18H. The summed E-state index contributed by atoms with van der Waals surface area (Å²) in [6.07, 6.45) is 0. The van der Waals surface area contributed by atoms with Crippen LogP contribution in [0.2, 0.25) is 5.02 Å². The predicted molar refractivity (Wildman–Crippen MR) is 81.3 cm³/mol. The van der Waals surface area contributed by atoms with Crippen LogP contribution in [0.25, 0.3) is 0 Å². The monoisotopic (exact) mass is 447 g/mol. The number of nitrogens with one attached hydrogen (secondary N) is 1. The molecular formula is C12H6ClF3INO2S. The number of hydrogen-bond acceptors (Lipinski definition) is 2. The van der Waals surface area contributed by atoms with Crippen molar-refractivity contribution >= 4 is 49.9 Å². The van der Waals surface area contributed by atoms with E-state index in [4.69, 9.17) is 11.6 Å². The van der Waals surface area contributed by atoms with E-state index >= 15 is 0 Å². The molecular weight excluding hydrogens is 442 g/mol. The van der Waals surface area contributed by atoms with E-state index in [1.165, 1.54) is 34.7 Å². The van der Waals surface area contributed by atoms with Crippen LogP contribution in [0.5, 0.6) is 0 Å². The lowest BCUT2D eigenvalue weighted by Crippen LogP contribution is -2.16. The summed E-state index contributed by atoms with van der Waals surface area (Å²) in [6, 6.07) is 5.21. The van der Waals surface area contributed by atoms with Crippen LogP contribution < -0.4 is 4.72 Å². The summed E-state index contributed by atoms with van der Waals surface area (Å²) in [7, 11) is -4.39. The van der Waals surface area contributed by atoms with Gasteiger partial charge in [0, 0.05) is 0 Å². The molecule has 9 heteroatoms. The van der Waals surface area contributed by atoms with E-state index in [-0.39, 0.29) is 8.59 Å². The lowest BCUT2D eigenvalue weighted by molar-refractivity contribution is 0.565. The number of hydrogen-bond donors (Lipinski definition) is 1. The summed E-state index contributed by atoms with van der Waals surface area (Å²) in [4.78, 5) is -0.728. The first kappa shape index (κ1) is 16.4. The minimum absolute atomic E-state index is 0.376. The highest BCUT2D eigenvalue weighted by Gasteiger charge is 2.23. The molecule has 0 bridgehead atoms. The maximum atomic E-state index is 13.8. The molecule has 0 saturated carbocycles. The van der Waals surface area contributed by atoms with Crippen molar-refractivity contribution < 1.29 is 21.6 Å². The third-order valence-corrected chi connectivity index (χ3v) is 5.15. The van der Waals surface area contributed by atoms with Crippen molar-refractivity contribution in [3.8, 4) is 0 Å². The van der Waals surface area contributed by atoms with Gasteiger partial charge in [0.25, 0.3) is 10.0 Å². The fraction of sp³-hybridized carbons (Fsp3) is 0. The summed E-state index contributed by atoms with van der Waals surface area (Å²) in [5.41, 5.74) is -0.486. The third kappa shape index (κ3) is 3.27. The molecule has 0 aliphatic carbocycles. The molecule has 0 amide bonds. The van der Waals surface area contributed by atoms with Crippen molar-refractivity contribution in [2.45, 2.75) is 4.90 Å². The average Bonchev–Trinajstić information content (AvgIpc) is 2.42. The van der Waals surface area contributed by atoms with Crippen LogP contribution in [0.3, 0.4) is 0 Å². The number of anilines is 1. The smallest absolute Gasteiger partial charge is 0.264 e. The van der Waals surface area contributed by atoms with Crippen molar-refractivity contribution in [1.82, 2.24) is 0 Å². The van der Waals surface area contributed by atoms with Gasteiger partial charge in [-0.05, 0) is 46.9 Å². The van der Waals surface area contributed by atoms with Crippen LogP contribution in [0.4, 0.5) is 18.9 Å². The van der Waals surface area contributed by atoms with Crippen molar-refractivity contribution in [3.05, 3.63) is 56.4 Å². The van der Waals surface area contributed by atoms with Gasteiger partial charge < -0.3 is 0 Å². The van der Waals surface area contributed by atoms with E-state index in [0.717, 1.165) is 18.2 Å². The zero-order valence-corrected chi connectivity index (χ0v) is 13.7. The van der Waals surface area contributed by atoms with E-state index in [9.17, 15) is 21.6 Å². The van der Waals surface area contributed by atoms with E-state index in [1.807, 2.05) is 4.72 Å². The van der Waals surface area contributed by atoms with E-state index in [1.54, 1.807) is 0 Å². The number of sulfonamides is 1. The molecule has 0 spiro atoms. The first-order valence-corrected chi connectivity index (χ1v) is 8.28. The Morgan fingerprint density at radius 3 is 2.38 bits per heavy atom. The Bertz CT molecular complexity index is 814. The molecule has 0 unspecified atom stereocenters. The van der Waals surface area contributed by atoms with Gasteiger partial charge in [0.15, 0.2) is 11.6 Å². The minimum atomic E-state index is -4.39. The van der Waals surface area contributed by atoms with Crippen LogP contribution in [0.15, 0.2) is 35.2 Å². The largest absolute Gasteiger partial charge is 0.277 e. The second kappa shape index (κ2) is 6.01. The minimum Gasteiger partial charge on any atom is -0.277 e. The fourth-order valence-corrected chi connectivity index (χ4v) is 3.36. The zero-order chi connectivity index (χ0) is 15.8. The second-order valence-electron chi connectivity index (χ2n) is 3.88. The highest BCUT2D eigenvalue weighted by Crippen LogP contribution is 2.27. The first-order chi connectivity index (χ1) is 9.74. The number of rotatable bonds is 3. The average molecular weight is 448 g/mol. The Morgan fingerprint density at radius 2 is 1.71 bits per heavy atom. The summed E-state index contributed by atoms with van der Waals surface area (Å²) >= 11 is 6.90. The zero-order valence-electron chi connectivity index (χ0n) is 10.0. The Kier molecular flexibility index (Phi) is 4.69. The first-order valence-electron chi connectivity index (χ1n) is 5.34. The van der Waals surface area contributed by atoms with Crippen LogP contribution in [-0.4, -0.2) is 8.42 Å². The van der Waals surface area contributed by atoms with Gasteiger partial charge in [-0.1, -0.05) is 17.7 Å². The molecule has 0 aromatic heterocycles. The predicted octanol–water partition coefficient (Wildman–Crippen LogP) is 4.16. The molecule has 0 saturated heterocycles. The molecule has 0 aliphatic heterocycles. The molecule has 0 fully saturated rings. The quantitative estimate of drug-likeness (QED) is 0.567. The van der Waals surface area contributed by atoms with Crippen LogP contribution in [-0.2, 0) is 10.0 Å². The molecule has 0 heterocycles. The molecule has 1 N–H and O–H groups in total. The van der Waals surface area contributed by atoms with Gasteiger partial charge in [0.1, 0.15) is 10.7 Å². The Labute approximate surface area is 137 Å². The SMILES string of the molecule is O=S(=O)(Nc1ccc(F)c(I)c1F)c1cccc(Cl)c1F. The molecule has 2 aromatic carbocycles. The number of halogens is 5. The topological polar surface area (TPSA) is 46.2 Å². The van der Waals surface area contributed by atoms with Gasteiger partial charge in [0.2, 0.25) is 0 Å². The van der Waals surface area contributed by atoms with E-state index in [2.05, 4.69) is 0 Å². The van der Waals surface area contributed by atoms with Crippen molar-refractivity contribution in [2.24, 2.45) is 0 Å². The molecule has 0 aliphatic rings. The molecule has 0 atom stereocenters. The van der Waals surface area contributed by atoms with Crippen molar-refractivity contribution in [2.75, 3.05) is 4.72 Å². The Hall–Kier alpha value is -1.00. The highest BCUT2D eigenvalue weighted by atomic mass is 127. The lowest BCUT2D eigenvalue weighted by Gasteiger charge is -2.11. The van der Waals surface area contributed by atoms with Gasteiger partial charge in [-0.2, -0.15) is 0 Å². The number of benzene rings is 2. The lowest BCUT2D eigenvalue weighted by atomic mass is 10.3. The van der Waals surface area contributed by atoms with Crippen molar-refractivity contribution in [1.29, 1.82) is 0 Å². The fourth-order valence-electron chi connectivity index (χ4n) is 1.50. The maximum absolute atomic E-state index is 13.8. The normalized spacial score (nSPS) is 11.5. The van der Waals surface area contributed by atoms with Gasteiger partial charge in [-0.3, -0.25) is 4.72 Å². The van der Waals surface area contributed by atoms with Gasteiger partial charge >= 0.3 is 0 Å². The third-order valence-electron chi connectivity index (χ3n) is 2.49.